The predicted molar refractivity (Wildman–Crippen MR) is 88.1 cm³/mol. The second kappa shape index (κ2) is 6.34. The third kappa shape index (κ3) is 3.04. The molecule has 0 radical (unpaired) electrons. The summed E-state index contributed by atoms with van der Waals surface area (Å²) in [5, 5.41) is 7.43. The third-order valence-corrected chi connectivity index (χ3v) is 4.18. The van der Waals surface area contributed by atoms with Crippen molar-refractivity contribution in [1.82, 2.24) is 14.8 Å². The van der Waals surface area contributed by atoms with E-state index in [0.717, 1.165) is 19.3 Å². The summed E-state index contributed by atoms with van der Waals surface area (Å²) in [5.41, 5.74) is 0.552. The van der Waals surface area contributed by atoms with Crippen molar-refractivity contribution in [2.24, 2.45) is 0 Å². The van der Waals surface area contributed by atoms with Gasteiger partial charge in [-0.25, -0.2) is 14.5 Å². The average molecular weight is 346 g/mol. The van der Waals surface area contributed by atoms with Crippen molar-refractivity contribution in [3.63, 3.8) is 0 Å². The summed E-state index contributed by atoms with van der Waals surface area (Å²) in [7, 11) is 0. The molecule has 25 heavy (non-hydrogen) atoms. The van der Waals surface area contributed by atoms with Crippen molar-refractivity contribution >= 4 is 11.8 Å². The van der Waals surface area contributed by atoms with Crippen LogP contribution in [0.4, 0.5) is 10.2 Å². The molecule has 8 heteroatoms. The minimum atomic E-state index is -0.666. The Kier molecular flexibility index (Phi) is 4.03. The third-order valence-electron chi connectivity index (χ3n) is 4.18. The van der Waals surface area contributed by atoms with Crippen molar-refractivity contribution in [1.29, 1.82) is 0 Å². The standard InChI is InChI=1S/C17H19FN4O3/c1-2-24-17(23)14-13(16-22(21-14)8-3-9-25-16)11-6-7-12(20-15(11)18)19-10-4-5-10/h6-7,10H,2-5,8-9H2,1H3,(H,19,20). The van der Waals surface area contributed by atoms with Crippen molar-refractivity contribution in [3.05, 3.63) is 23.8 Å². The Bertz CT molecular complexity index is 816. The molecule has 0 saturated heterocycles. The Labute approximate surface area is 144 Å². The first kappa shape index (κ1) is 15.9. The number of aryl methyl sites for hydroxylation is 1. The van der Waals surface area contributed by atoms with Crippen LogP contribution in [-0.4, -0.2) is 40.0 Å². The number of pyridine rings is 1. The van der Waals surface area contributed by atoms with Gasteiger partial charge in [-0.05, 0) is 31.9 Å². The van der Waals surface area contributed by atoms with Gasteiger partial charge in [0.1, 0.15) is 5.82 Å². The van der Waals surface area contributed by atoms with Crippen molar-refractivity contribution in [2.75, 3.05) is 18.5 Å². The molecule has 0 spiro atoms. The first-order valence-electron chi connectivity index (χ1n) is 8.51. The van der Waals surface area contributed by atoms with E-state index in [4.69, 9.17) is 9.47 Å². The molecule has 4 rings (SSSR count). The fourth-order valence-corrected chi connectivity index (χ4v) is 2.85. The molecule has 1 N–H and O–H groups in total. The van der Waals surface area contributed by atoms with Gasteiger partial charge < -0.3 is 14.8 Å². The van der Waals surface area contributed by atoms with E-state index in [1.54, 1.807) is 23.7 Å². The Morgan fingerprint density at radius 2 is 2.32 bits per heavy atom. The number of carbonyl (C=O) groups excluding carboxylic acids is 1. The Balaban J connectivity index is 1.77. The number of anilines is 1. The van der Waals surface area contributed by atoms with Crippen LogP contribution in [0, 0.1) is 5.95 Å². The minimum Gasteiger partial charge on any atom is -0.477 e. The van der Waals surface area contributed by atoms with Gasteiger partial charge in [0, 0.05) is 24.6 Å². The van der Waals surface area contributed by atoms with Crippen LogP contribution < -0.4 is 10.1 Å². The molecule has 0 amide bonds. The molecule has 0 unspecified atom stereocenters. The number of rotatable bonds is 5. The zero-order valence-corrected chi connectivity index (χ0v) is 13.9. The average Bonchev–Trinajstić information content (AvgIpc) is 3.33. The number of ether oxygens (including phenoxy) is 2. The Hall–Kier alpha value is -2.64. The summed E-state index contributed by atoms with van der Waals surface area (Å²) in [5.74, 6) is -0.384. The summed E-state index contributed by atoms with van der Waals surface area (Å²) >= 11 is 0. The molecule has 1 aliphatic heterocycles. The largest absolute Gasteiger partial charge is 0.477 e. The highest BCUT2D eigenvalue weighted by Gasteiger charge is 2.30. The van der Waals surface area contributed by atoms with Gasteiger partial charge in [-0.2, -0.15) is 9.49 Å². The molecule has 2 aromatic rings. The van der Waals surface area contributed by atoms with E-state index in [1.807, 2.05) is 0 Å². The lowest BCUT2D eigenvalue weighted by molar-refractivity contribution is 0.0519. The van der Waals surface area contributed by atoms with E-state index < -0.39 is 11.9 Å². The quantitative estimate of drug-likeness (QED) is 0.662. The lowest BCUT2D eigenvalue weighted by Crippen LogP contribution is -2.15. The molecule has 2 aliphatic rings. The first-order chi connectivity index (χ1) is 12.2. The van der Waals surface area contributed by atoms with Crippen LogP contribution in [0.5, 0.6) is 5.88 Å². The summed E-state index contributed by atoms with van der Waals surface area (Å²) in [4.78, 5) is 16.3. The molecule has 132 valence electrons. The van der Waals surface area contributed by atoms with Gasteiger partial charge >= 0.3 is 5.97 Å². The van der Waals surface area contributed by atoms with Gasteiger partial charge in [-0.15, -0.1) is 0 Å². The van der Waals surface area contributed by atoms with E-state index in [1.165, 1.54) is 0 Å². The van der Waals surface area contributed by atoms with Crippen LogP contribution in [-0.2, 0) is 11.3 Å². The molecule has 1 aliphatic carbocycles. The van der Waals surface area contributed by atoms with Gasteiger partial charge in [0.15, 0.2) is 5.69 Å². The summed E-state index contributed by atoms with van der Waals surface area (Å²) in [6.45, 7) is 3.03. The highest BCUT2D eigenvalue weighted by atomic mass is 19.1. The highest BCUT2D eigenvalue weighted by Crippen LogP contribution is 2.37. The molecule has 0 bridgehead atoms. The minimum absolute atomic E-state index is 0.0577. The fourth-order valence-electron chi connectivity index (χ4n) is 2.85. The lowest BCUT2D eigenvalue weighted by atomic mass is 10.1. The predicted octanol–water partition coefficient (Wildman–Crippen LogP) is 2.62. The van der Waals surface area contributed by atoms with E-state index in [2.05, 4.69) is 15.4 Å². The molecule has 0 aromatic carbocycles. The molecule has 1 fully saturated rings. The smallest absolute Gasteiger partial charge is 0.359 e. The van der Waals surface area contributed by atoms with Gasteiger partial charge in [-0.1, -0.05) is 0 Å². The second-order valence-corrected chi connectivity index (χ2v) is 6.13. The number of fused-ring (bicyclic) bond motifs is 1. The molecule has 0 atom stereocenters. The summed E-state index contributed by atoms with van der Waals surface area (Å²) in [6, 6.07) is 3.68. The zero-order valence-electron chi connectivity index (χ0n) is 13.9. The van der Waals surface area contributed by atoms with Gasteiger partial charge in [-0.3, -0.25) is 0 Å². The van der Waals surface area contributed by atoms with E-state index >= 15 is 0 Å². The molecule has 1 saturated carbocycles. The van der Waals surface area contributed by atoms with Crippen molar-refractivity contribution < 1.29 is 18.7 Å². The topological polar surface area (TPSA) is 78.3 Å². The van der Waals surface area contributed by atoms with Crippen molar-refractivity contribution in [3.8, 4) is 17.0 Å². The van der Waals surface area contributed by atoms with Gasteiger partial charge in [0.25, 0.3) is 0 Å². The zero-order chi connectivity index (χ0) is 17.4. The normalized spacial score (nSPS) is 16.1. The van der Waals surface area contributed by atoms with Crippen LogP contribution in [0.3, 0.4) is 0 Å². The second-order valence-electron chi connectivity index (χ2n) is 6.13. The highest BCUT2D eigenvalue weighted by molar-refractivity contribution is 5.97. The van der Waals surface area contributed by atoms with Crippen molar-refractivity contribution in [2.45, 2.75) is 38.8 Å². The lowest BCUT2D eigenvalue weighted by Gasteiger charge is -2.16. The SMILES string of the molecule is CCOC(=O)c1nn2c(c1-c1ccc(NC3CC3)nc1F)OCCC2. The molecule has 2 aromatic heterocycles. The number of hydrogen-bond acceptors (Lipinski definition) is 6. The number of carbonyl (C=O) groups is 1. The fraction of sp³-hybridized carbons (Fsp3) is 0.471. The van der Waals surface area contributed by atoms with E-state index in [-0.39, 0.29) is 17.9 Å². The van der Waals surface area contributed by atoms with E-state index in [0.29, 0.717) is 36.5 Å². The van der Waals surface area contributed by atoms with Crippen LogP contribution in [0.1, 0.15) is 36.7 Å². The van der Waals surface area contributed by atoms with Crippen LogP contribution in [0.25, 0.3) is 11.1 Å². The maximum absolute atomic E-state index is 14.7. The number of esters is 1. The van der Waals surface area contributed by atoms with E-state index in [9.17, 15) is 9.18 Å². The molecule has 3 heterocycles. The maximum atomic E-state index is 14.7. The number of nitrogens with one attached hydrogen (secondary N) is 1. The molecular formula is C17H19FN4O3. The summed E-state index contributed by atoms with van der Waals surface area (Å²) in [6.07, 6.45) is 2.92. The van der Waals surface area contributed by atoms with Gasteiger partial charge in [0.05, 0.1) is 18.8 Å². The molecular weight excluding hydrogens is 327 g/mol. The Morgan fingerprint density at radius 3 is 3.04 bits per heavy atom. The van der Waals surface area contributed by atoms with Crippen LogP contribution in [0.15, 0.2) is 12.1 Å². The Morgan fingerprint density at radius 1 is 1.48 bits per heavy atom. The number of hydrogen-bond donors (Lipinski definition) is 1. The maximum Gasteiger partial charge on any atom is 0.359 e. The number of nitrogens with zero attached hydrogens (tertiary/aromatic N) is 3. The van der Waals surface area contributed by atoms with Crippen LogP contribution in [0.2, 0.25) is 0 Å². The monoisotopic (exact) mass is 346 g/mol. The van der Waals surface area contributed by atoms with Crippen LogP contribution >= 0.6 is 0 Å². The van der Waals surface area contributed by atoms with Gasteiger partial charge in [0.2, 0.25) is 11.8 Å². The number of aromatic nitrogens is 3. The first-order valence-corrected chi connectivity index (χ1v) is 8.51. The summed E-state index contributed by atoms with van der Waals surface area (Å²) < 4.78 is 27.0. The molecule has 7 nitrogen and oxygen atoms in total. The number of halogens is 1.